The zero-order valence-corrected chi connectivity index (χ0v) is 10.7. The third-order valence-corrected chi connectivity index (χ3v) is 3.89. The second kappa shape index (κ2) is 4.20. The van der Waals surface area contributed by atoms with E-state index in [0.29, 0.717) is 17.8 Å². The van der Waals surface area contributed by atoms with E-state index in [4.69, 9.17) is 0 Å². The maximum atomic E-state index is 14.0. The van der Waals surface area contributed by atoms with Gasteiger partial charge in [0.25, 0.3) is 0 Å². The van der Waals surface area contributed by atoms with Crippen molar-refractivity contribution in [2.24, 2.45) is 5.92 Å². The van der Waals surface area contributed by atoms with E-state index in [9.17, 15) is 4.39 Å². The summed E-state index contributed by atoms with van der Waals surface area (Å²) in [6.45, 7) is 8.52. The largest absolute Gasteiger partial charge is 0.207 e. The first-order valence-electron chi connectivity index (χ1n) is 6.30. The average molecular weight is 220 g/mol. The van der Waals surface area contributed by atoms with Crippen molar-refractivity contribution in [3.05, 3.63) is 34.6 Å². The number of halogens is 1. The predicted molar refractivity (Wildman–Crippen MR) is 66.4 cm³/mol. The van der Waals surface area contributed by atoms with Crippen LogP contribution < -0.4 is 0 Å². The lowest BCUT2D eigenvalue weighted by atomic mass is 9.87. The van der Waals surface area contributed by atoms with Crippen LogP contribution in [0.15, 0.2) is 12.1 Å². The first kappa shape index (κ1) is 11.6. The lowest BCUT2D eigenvalue weighted by Crippen LogP contribution is -2.06. The molecule has 1 aromatic rings. The fraction of sp³-hybridized carbons (Fsp3) is 0.600. The van der Waals surface area contributed by atoms with Gasteiger partial charge in [-0.3, -0.25) is 0 Å². The summed E-state index contributed by atoms with van der Waals surface area (Å²) >= 11 is 0. The molecule has 0 unspecified atom stereocenters. The minimum Gasteiger partial charge on any atom is -0.207 e. The Balaban J connectivity index is 2.37. The standard InChI is InChI=1S/C15H21F/c1-9(2)11(4)14-7-10(3)13(8-15(14)16)12-5-6-12/h7-9,11-12H,5-6H2,1-4H3/t11-/m0/s1. The van der Waals surface area contributed by atoms with E-state index >= 15 is 0 Å². The van der Waals surface area contributed by atoms with Crippen molar-refractivity contribution in [1.29, 1.82) is 0 Å². The Morgan fingerprint density at radius 1 is 1.19 bits per heavy atom. The molecular weight excluding hydrogens is 199 g/mol. The van der Waals surface area contributed by atoms with Gasteiger partial charge in [0, 0.05) is 0 Å². The summed E-state index contributed by atoms with van der Waals surface area (Å²) in [6, 6.07) is 3.84. The number of rotatable bonds is 3. The SMILES string of the molecule is Cc1cc([C@@H](C)C(C)C)c(F)cc1C1CC1. The Kier molecular flexibility index (Phi) is 3.05. The molecule has 1 heteroatoms. The zero-order valence-electron chi connectivity index (χ0n) is 10.7. The predicted octanol–water partition coefficient (Wildman–Crippen LogP) is 4.77. The summed E-state index contributed by atoms with van der Waals surface area (Å²) < 4.78 is 14.0. The van der Waals surface area contributed by atoms with Gasteiger partial charge in [0.15, 0.2) is 0 Å². The molecule has 0 aromatic heterocycles. The van der Waals surface area contributed by atoms with Gasteiger partial charge in [-0.1, -0.05) is 26.8 Å². The van der Waals surface area contributed by atoms with Crippen molar-refractivity contribution in [1.82, 2.24) is 0 Å². The lowest BCUT2D eigenvalue weighted by molar-refractivity contribution is 0.500. The summed E-state index contributed by atoms with van der Waals surface area (Å²) in [4.78, 5) is 0. The summed E-state index contributed by atoms with van der Waals surface area (Å²) in [5, 5.41) is 0. The number of hydrogen-bond donors (Lipinski definition) is 0. The molecule has 16 heavy (non-hydrogen) atoms. The van der Waals surface area contributed by atoms with E-state index in [0.717, 1.165) is 5.56 Å². The highest BCUT2D eigenvalue weighted by Crippen LogP contribution is 2.42. The van der Waals surface area contributed by atoms with E-state index < -0.39 is 0 Å². The summed E-state index contributed by atoms with van der Waals surface area (Å²) in [6.07, 6.45) is 2.47. The Labute approximate surface area is 97.9 Å². The Bertz CT molecular complexity index is 389. The van der Waals surface area contributed by atoms with Crippen LogP contribution in [0.25, 0.3) is 0 Å². The van der Waals surface area contributed by atoms with Crippen LogP contribution in [0.5, 0.6) is 0 Å². The molecule has 2 rings (SSSR count). The zero-order chi connectivity index (χ0) is 11.9. The maximum Gasteiger partial charge on any atom is 0.126 e. The highest BCUT2D eigenvalue weighted by atomic mass is 19.1. The topological polar surface area (TPSA) is 0 Å². The number of aryl methyl sites for hydroxylation is 1. The normalized spacial score (nSPS) is 17.9. The van der Waals surface area contributed by atoms with Crippen molar-refractivity contribution >= 4 is 0 Å². The van der Waals surface area contributed by atoms with Crippen molar-refractivity contribution < 1.29 is 4.39 Å². The Morgan fingerprint density at radius 2 is 1.81 bits per heavy atom. The molecule has 0 N–H and O–H groups in total. The van der Waals surface area contributed by atoms with Crippen molar-refractivity contribution in [3.63, 3.8) is 0 Å². The second-order valence-electron chi connectivity index (χ2n) is 5.54. The molecule has 0 nitrogen and oxygen atoms in total. The summed E-state index contributed by atoms with van der Waals surface area (Å²) in [7, 11) is 0. The molecule has 0 radical (unpaired) electrons. The molecule has 1 aliphatic rings. The smallest absolute Gasteiger partial charge is 0.126 e. The van der Waals surface area contributed by atoms with Gasteiger partial charge in [-0.05, 0) is 60.3 Å². The van der Waals surface area contributed by atoms with Crippen molar-refractivity contribution in [3.8, 4) is 0 Å². The summed E-state index contributed by atoms with van der Waals surface area (Å²) in [5.74, 6) is 1.42. The number of hydrogen-bond acceptors (Lipinski definition) is 0. The third-order valence-electron chi connectivity index (χ3n) is 3.89. The van der Waals surface area contributed by atoms with Gasteiger partial charge in [0.1, 0.15) is 5.82 Å². The van der Waals surface area contributed by atoms with Crippen LogP contribution in [-0.2, 0) is 0 Å². The molecule has 0 saturated heterocycles. The van der Waals surface area contributed by atoms with E-state index in [1.165, 1.54) is 24.0 Å². The fourth-order valence-corrected chi connectivity index (χ4v) is 2.26. The molecule has 0 amide bonds. The monoisotopic (exact) mass is 220 g/mol. The molecule has 1 aliphatic carbocycles. The molecule has 0 spiro atoms. The van der Waals surface area contributed by atoms with Gasteiger partial charge in [-0.15, -0.1) is 0 Å². The van der Waals surface area contributed by atoms with Gasteiger partial charge in [0.2, 0.25) is 0 Å². The van der Waals surface area contributed by atoms with Crippen LogP contribution in [0.2, 0.25) is 0 Å². The van der Waals surface area contributed by atoms with E-state index in [2.05, 4.69) is 33.8 Å². The van der Waals surface area contributed by atoms with Gasteiger partial charge in [-0.25, -0.2) is 4.39 Å². The van der Waals surface area contributed by atoms with Crippen LogP contribution in [-0.4, -0.2) is 0 Å². The molecule has 1 aromatic carbocycles. The highest BCUT2D eigenvalue weighted by molar-refractivity contribution is 5.38. The van der Waals surface area contributed by atoms with Crippen LogP contribution >= 0.6 is 0 Å². The van der Waals surface area contributed by atoms with Crippen LogP contribution in [0.4, 0.5) is 4.39 Å². The molecule has 1 saturated carbocycles. The highest BCUT2D eigenvalue weighted by Gasteiger charge is 2.27. The molecule has 0 bridgehead atoms. The molecular formula is C15H21F. The quantitative estimate of drug-likeness (QED) is 0.688. The summed E-state index contributed by atoms with van der Waals surface area (Å²) in [5.41, 5.74) is 3.39. The van der Waals surface area contributed by atoms with Crippen molar-refractivity contribution in [2.75, 3.05) is 0 Å². The average Bonchev–Trinajstić information content (AvgIpc) is 3.03. The number of benzene rings is 1. The van der Waals surface area contributed by atoms with E-state index in [1.807, 2.05) is 0 Å². The first-order chi connectivity index (χ1) is 7.50. The Morgan fingerprint density at radius 3 is 2.31 bits per heavy atom. The minimum absolute atomic E-state index is 0.00583. The van der Waals surface area contributed by atoms with Gasteiger partial charge < -0.3 is 0 Å². The third kappa shape index (κ3) is 2.14. The molecule has 0 heterocycles. The molecule has 88 valence electrons. The van der Waals surface area contributed by atoms with Crippen LogP contribution in [0, 0.1) is 18.7 Å². The molecule has 0 aliphatic heterocycles. The Hall–Kier alpha value is -0.850. The van der Waals surface area contributed by atoms with Gasteiger partial charge in [-0.2, -0.15) is 0 Å². The first-order valence-corrected chi connectivity index (χ1v) is 6.30. The minimum atomic E-state index is -0.00583. The fourth-order valence-electron chi connectivity index (χ4n) is 2.26. The van der Waals surface area contributed by atoms with Crippen LogP contribution in [0.1, 0.15) is 62.1 Å². The second-order valence-corrected chi connectivity index (χ2v) is 5.54. The maximum absolute atomic E-state index is 14.0. The van der Waals surface area contributed by atoms with Crippen molar-refractivity contribution in [2.45, 2.75) is 52.4 Å². The van der Waals surface area contributed by atoms with Crippen LogP contribution in [0.3, 0.4) is 0 Å². The van der Waals surface area contributed by atoms with Gasteiger partial charge >= 0.3 is 0 Å². The van der Waals surface area contributed by atoms with E-state index in [-0.39, 0.29) is 5.82 Å². The molecule has 1 atom stereocenters. The molecule has 1 fully saturated rings. The van der Waals surface area contributed by atoms with E-state index in [1.54, 1.807) is 6.07 Å². The lowest BCUT2D eigenvalue weighted by Gasteiger charge is -2.18. The van der Waals surface area contributed by atoms with Gasteiger partial charge in [0.05, 0.1) is 0 Å².